The monoisotopic (exact) mass is 671 g/mol. The van der Waals surface area contributed by atoms with Crippen molar-refractivity contribution in [3.8, 4) is 0 Å². The smallest absolute Gasteiger partial charge is 0.356 e. The van der Waals surface area contributed by atoms with E-state index in [1.807, 2.05) is 31.2 Å². The van der Waals surface area contributed by atoms with Crippen LogP contribution in [0.1, 0.15) is 54.9 Å². The molecule has 5 rings (SSSR count). The van der Waals surface area contributed by atoms with Crippen molar-refractivity contribution in [1.29, 1.82) is 0 Å². The van der Waals surface area contributed by atoms with Gasteiger partial charge in [-0.2, -0.15) is 26.3 Å². The average molecular weight is 673 g/mol. The number of hydrogen-bond acceptors (Lipinski definition) is 7. The van der Waals surface area contributed by atoms with Crippen molar-refractivity contribution < 1.29 is 26.3 Å². The fraction of sp³-hybridized carbons (Fsp3) is 0.448. The molecular weight excluding hydrogens is 640 g/mol. The van der Waals surface area contributed by atoms with Crippen LogP contribution in [0.3, 0.4) is 0 Å². The van der Waals surface area contributed by atoms with E-state index in [0.29, 0.717) is 12.5 Å². The molecule has 43 heavy (non-hydrogen) atoms. The number of hydrogen-bond donors (Lipinski definition) is 2. The van der Waals surface area contributed by atoms with Crippen LogP contribution in [0.2, 0.25) is 0 Å². The normalized spacial score (nSPS) is 16.3. The largest absolute Gasteiger partial charge is 0.416 e. The quantitative estimate of drug-likeness (QED) is 0.246. The van der Waals surface area contributed by atoms with Crippen LogP contribution in [-0.2, 0) is 25.4 Å². The number of pyridine rings is 1. The molecule has 2 aromatic carbocycles. The number of fused-ring (bicyclic) bond motifs is 1. The summed E-state index contributed by atoms with van der Waals surface area (Å²) in [5, 5.41) is 6.52. The summed E-state index contributed by atoms with van der Waals surface area (Å²) in [4.78, 5) is 8.85. The van der Waals surface area contributed by atoms with E-state index < -0.39 is 23.5 Å². The van der Waals surface area contributed by atoms with Crippen molar-refractivity contribution in [3.63, 3.8) is 0 Å². The van der Waals surface area contributed by atoms with E-state index in [9.17, 15) is 26.3 Å². The van der Waals surface area contributed by atoms with Crippen LogP contribution in [0.5, 0.6) is 0 Å². The van der Waals surface area contributed by atoms with Crippen LogP contribution in [-0.4, -0.2) is 41.1 Å². The highest BCUT2D eigenvalue weighted by Crippen LogP contribution is 2.37. The fourth-order valence-electron chi connectivity index (χ4n) is 5.64. The molecule has 232 valence electrons. The van der Waals surface area contributed by atoms with E-state index in [4.69, 9.17) is 4.98 Å². The predicted octanol–water partition coefficient (Wildman–Crippen LogP) is 7.28. The van der Waals surface area contributed by atoms with E-state index in [1.165, 1.54) is 18.0 Å². The third kappa shape index (κ3) is 7.46. The van der Waals surface area contributed by atoms with Crippen LogP contribution in [0, 0.1) is 5.92 Å². The summed E-state index contributed by atoms with van der Waals surface area (Å²) < 4.78 is 82.7. The van der Waals surface area contributed by atoms with Crippen molar-refractivity contribution in [2.24, 2.45) is 11.0 Å². The van der Waals surface area contributed by atoms with Gasteiger partial charge in [-0.25, -0.2) is 10.5 Å². The number of benzene rings is 2. The second-order valence-corrected chi connectivity index (χ2v) is 11.9. The minimum absolute atomic E-state index is 0.119. The van der Waals surface area contributed by atoms with Gasteiger partial charge >= 0.3 is 12.4 Å². The number of nitrogens with one attached hydrogen (secondary N) is 2. The lowest BCUT2D eigenvalue weighted by Crippen LogP contribution is -2.44. The van der Waals surface area contributed by atoms with Gasteiger partial charge in [0.05, 0.1) is 16.6 Å². The lowest BCUT2D eigenvalue weighted by Gasteiger charge is -2.31. The molecule has 7 nitrogen and oxygen atoms in total. The van der Waals surface area contributed by atoms with Gasteiger partial charge in [0, 0.05) is 48.6 Å². The second-order valence-electron chi connectivity index (χ2n) is 11.0. The number of alkyl halides is 6. The zero-order valence-corrected chi connectivity index (χ0v) is 25.2. The Hall–Kier alpha value is -3.26. The Kier molecular flexibility index (Phi) is 8.98. The first kappa shape index (κ1) is 31.2. The summed E-state index contributed by atoms with van der Waals surface area (Å²) in [5.74, 6) is 1.49. The van der Waals surface area contributed by atoms with Crippen LogP contribution in [0.25, 0.3) is 10.9 Å². The molecule has 14 heteroatoms. The molecule has 0 radical (unpaired) electrons. The Bertz CT molecular complexity index is 1450. The molecule has 1 aromatic heterocycles. The van der Waals surface area contributed by atoms with E-state index >= 15 is 0 Å². The summed E-state index contributed by atoms with van der Waals surface area (Å²) in [6.45, 7) is 3.38. The third-order valence-corrected chi connectivity index (χ3v) is 8.22. The van der Waals surface area contributed by atoms with Gasteiger partial charge < -0.3 is 9.80 Å². The van der Waals surface area contributed by atoms with Gasteiger partial charge in [0.2, 0.25) is 5.96 Å². The zero-order chi connectivity index (χ0) is 30.9. The topological polar surface area (TPSA) is 59.0 Å². The van der Waals surface area contributed by atoms with Crippen LogP contribution in [0.15, 0.2) is 52.0 Å². The molecule has 0 bridgehead atoms. The fourth-order valence-corrected chi connectivity index (χ4v) is 5.99. The van der Waals surface area contributed by atoms with Crippen molar-refractivity contribution in [2.75, 3.05) is 25.0 Å². The van der Waals surface area contributed by atoms with Gasteiger partial charge in [-0.3, -0.25) is 5.43 Å². The molecule has 1 aliphatic carbocycles. The van der Waals surface area contributed by atoms with Gasteiger partial charge in [-0.1, -0.05) is 34.8 Å². The summed E-state index contributed by atoms with van der Waals surface area (Å²) in [7, 11) is 1.64. The third-order valence-electron chi connectivity index (χ3n) is 7.73. The van der Waals surface area contributed by atoms with Crippen LogP contribution >= 0.6 is 15.9 Å². The average Bonchev–Trinajstić information content (AvgIpc) is 3.62. The number of halogens is 7. The molecule has 1 saturated carbocycles. The first-order chi connectivity index (χ1) is 20.3. The Balaban J connectivity index is 1.57. The molecular formula is C29H32BrF6N7. The standard InChI is InChI=1S/C29H32BrF6N7/c1-3-42(15-18-6-4-5-7-18)26-21(12-20-8-9-24(30)14-25(20)37-26)17-43(27-38-40-41(2)39-27)16-19-10-22(28(31,32)33)13-23(11-19)29(34,35)36/h8-14,18,40H,3-7,15-17H2,1-2H3,(H,38,39). The molecule has 0 unspecified atom stereocenters. The molecule has 0 spiro atoms. The summed E-state index contributed by atoms with van der Waals surface area (Å²) in [5.41, 5.74) is 4.34. The molecule has 3 aromatic rings. The first-order valence-corrected chi connectivity index (χ1v) is 14.8. The lowest BCUT2D eigenvalue weighted by atomic mass is 10.0. The molecule has 0 amide bonds. The molecule has 0 atom stereocenters. The molecule has 2 aliphatic rings. The maximum absolute atomic E-state index is 13.6. The maximum atomic E-state index is 13.6. The second kappa shape index (κ2) is 12.4. The summed E-state index contributed by atoms with van der Waals surface area (Å²) in [6, 6.07) is 9.36. The molecule has 0 saturated heterocycles. The number of rotatable bonds is 8. The molecule has 1 fully saturated rings. The highest BCUT2D eigenvalue weighted by atomic mass is 79.9. The van der Waals surface area contributed by atoms with Gasteiger partial charge in [0.15, 0.2) is 0 Å². The SMILES string of the molecule is CCN(CC1CCCC1)c1nc2cc(Br)ccc2cc1CN(Cc1cc(C(F)(F)F)cc(C(F)(F)F)c1)C1=NNN(C)N1. The van der Waals surface area contributed by atoms with Gasteiger partial charge in [0.1, 0.15) is 5.82 Å². The molecule has 1 aliphatic heterocycles. The minimum atomic E-state index is -4.95. The highest BCUT2D eigenvalue weighted by Gasteiger charge is 2.37. The van der Waals surface area contributed by atoms with Crippen molar-refractivity contribution in [3.05, 3.63) is 69.2 Å². The summed E-state index contributed by atoms with van der Waals surface area (Å²) in [6.07, 6.45) is -5.26. The van der Waals surface area contributed by atoms with Crippen LogP contribution < -0.4 is 15.9 Å². The predicted molar refractivity (Wildman–Crippen MR) is 156 cm³/mol. The minimum Gasteiger partial charge on any atom is -0.356 e. The van der Waals surface area contributed by atoms with E-state index in [1.54, 1.807) is 11.9 Å². The van der Waals surface area contributed by atoms with Crippen molar-refractivity contribution in [2.45, 2.75) is 58.0 Å². The van der Waals surface area contributed by atoms with Gasteiger partial charge in [-0.05, 0) is 67.6 Å². The number of aromatic nitrogens is 1. The van der Waals surface area contributed by atoms with E-state index in [0.717, 1.165) is 58.3 Å². The number of hydrazone groups is 1. The number of hydrazine groups is 2. The molecule has 2 N–H and O–H groups in total. The Morgan fingerprint density at radius 1 is 0.930 bits per heavy atom. The number of nitrogens with zero attached hydrogens (tertiary/aromatic N) is 5. The highest BCUT2D eigenvalue weighted by molar-refractivity contribution is 9.10. The van der Waals surface area contributed by atoms with E-state index in [2.05, 4.69) is 36.9 Å². The maximum Gasteiger partial charge on any atom is 0.416 e. The number of anilines is 1. The Morgan fingerprint density at radius 2 is 1.60 bits per heavy atom. The Morgan fingerprint density at radius 3 is 2.19 bits per heavy atom. The van der Waals surface area contributed by atoms with Gasteiger partial charge in [0.25, 0.3) is 0 Å². The first-order valence-electron chi connectivity index (χ1n) is 14.0. The van der Waals surface area contributed by atoms with Crippen LogP contribution in [0.4, 0.5) is 32.2 Å². The lowest BCUT2D eigenvalue weighted by molar-refractivity contribution is -0.143. The zero-order valence-electron chi connectivity index (χ0n) is 23.7. The number of guanidine groups is 1. The van der Waals surface area contributed by atoms with E-state index in [-0.39, 0.29) is 30.7 Å². The Labute approximate surface area is 254 Å². The molecule has 2 heterocycles. The van der Waals surface area contributed by atoms with Crippen molar-refractivity contribution >= 4 is 38.6 Å². The van der Waals surface area contributed by atoms with Gasteiger partial charge in [-0.15, -0.1) is 10.2 Å². The summed E-state index contributed by atoms with van der Waals surface area (Å²) >= 11 is 3.51. The van der Waals surface area contributed by atoms with Crippen molar-refractivity contribution in [1.82, 2.24) is 26.0 Å².